The molecule has 1 unspecified atom stereocenters. The molecule has 15 heavy (non-hydrogen) atoms. The van der Waals surface area contributed by atoms with E-state index < -0.39 is 0 Å². The van der Waals surface area contributed by atoms with E-state index in [1.807, 2.05) is 0 Å². The molecule has 2 aliphatic rings. The standard InChI is InChI=1S/C12H20N2O/c1-2-3-8-10-13-11(12(15)14-10)9-6-4-5-7-9/h9,11H,2-8H2,1H3,(H,13,14,15). The van der Waals surface area contributed by atoms with Crippen molar-refractivity contribution in [1.29, 1.82) is 0 Å². The average molecular weight is 208 g/mol. The Morgan fingerprint density at radius 2 is 2.13 bits per heavy atom. The van der Waals surface area contributed by atoms with Crippen molar-refractivity contribution in [1.82, 2.24) is 5.32 Å². The van der Waals surface area contributed by atoms with Crippen LogP contribution in [0.1, 0.15) is 51.9 Å². The molecule has 0 aromatic carbocycles. The number of nitrogens with one attached hydrogen (secondary N) is 1. The lowest BCUT2D eigenvalue weighted by molar-refractivity contribution is -0.121. The van der Waals surface area contributed by atoms with E-state index >= 15 is 0 Å². The van der Waals surface area contributed by atoms with Gasteiger partial charge in [-0.3, -0.25) is 9.79 Å². The van der Waals surface area contributed by atoms with Gasteiger partial charge in [0.2, 0.25) is 5.91 Å². The maximum absolute atomic E-state index is 11.7. The van der Waals surface area contributed by atoms with E-state index in [-0.39, 0.29) is 11.9 Å². The van der Waals surface area contributed by atoms with Crippen molar-refractivity contribution in [2.75, 3.05) is 0 Å². The normalized spacial score (nSPS) is 26.9. The first-order valence-corrected chi connectivity index (χ1v) is 6.19. The van der Waals surface area contributed by atoms with Gasteiger partial charge in [-0.1, -0.05) is 26.2 Å². The third-order valence-corrected chi connectivity index (χ3v) is 3.44. The monoisotopic (exact) mass is 208 g/mol. The van der Waals surface area contributed by atoms with Crippen LogP contribution in [-0.2, 0) is 4.79 Å². The Morgan fingerprint density at radius 1 is 1.40 bits per heavy atom. The van der Waals surface area contributed by atoms with Crippen LogP contribution >= 0.6 is 0 Å². The van der Waals surface area contributed by atoms with Crippen LogP contribution in [-0.4, -0.2) is 17.8 Å². The van der Waals surface area contributed by atoms with E-state index in [0.717, 1.165) is 25.1 Å². The van der Waals surface area contributed by atoms with Gasteiger partial charge in [0.15, 0.2) is 0 Å². The van der Waals surface area contributed by atoms with Crippen LogP contribution in [0, 0.1) is 5.92 Å². The number of unbranched alkanes of at least 4 members (excludes halogenated alkanes) is 1. The van der Waals surface area contributed by atoms with E-state index in [2.05, 4.69) is 17.2 Å². The minimum absolute atomic E-state index is 0.0562. The highest BCUT2D eigenvalue weighted by Gasteiger charge is 2.34. The first kappa shape index (κ1) is 10.7. The SMILES string of the molecule is CCCCC1=NC(C2CCCC2)C(=O)N1. The molecule has 1 saturated carbocycles. The Bertz CT molecular complexity index is 267. The van der Waals surface area contributed by atoms with Gasteiger partial charge in [0.1, 0.15) is 11.9 Å². The summed E-state index contributed by atoms with van der Waals surface area (Å²) >= 11 is 0. The molecule has 1 heterocycles. The molecule has 0 spiro atoms. The second-order valence-corrected chi connectivity index (χ2v) is 4.66. The molecule has 3 heteroatoms. The minimum atomic E-state index is -0.0562. The lowest BCUT2D eigenvalue weighted by atomic mass is 9.99. The summed E-state index contributed by atoms with van der Waals surface area (Å²) in [5, 5.41) is 2.93. The zero-order valence-electron chi connectivity index (χ0n) is 9.46. The van der Waals surface area contributed by atoms with Gasteiger partial charge in [0, 0.05) is 6.42 Å². The second kappa shape index (κ2) is 4.77. The van der Waals surface area contributed by atoms with Crippen LogP contribution < -0.4 is 5.32 Å². The molecule has 0 aromatic rings. The van der Waals surface area contributed by atoms with Crippen LogP contribution in [0.2, 0.25) is 0 Å². The maximum atomic E-state index is 11.7. The van der Waals surface area contributed by atoms with Crippen molar-refractivity contribution < 1.29 is 4.79 Å². The summed E-state index contributed by atoms with van der Waals surface area (Å²) in [4.78, 5) is 16.3. The fourth-order valence-corrected chi connectivity index (χ4v) is 2.54. The summed E-state index contributed by atoms with van der Waals surface area (Å²) in [6.45, 7) is 2.16. The molecule has 0 aromatic heterocycles. The number of rotatable bonds is 4. The van der Waals surface area contributed by atoms with Gasteiger partial charge in [0.25, 0.3) is 0 Å². The molecule has 1 fully saturated rings. The van der Waals surface area contributed by atoms with Gasteiger partial charge in [-0.25, -0.2) is 0 Å². The first-order chi connectivity index (χ1) is 7.31. The largest absolute Gasteiger partial charge is 0.313 e. The van der Waals surface area contributed by atoms with Crippen LogP contribution in [0.5, 0.6) is 0 Å². The summed E-state index contributed by atoms with van der Waals surface area (Å²) < 4.78 is 0. The van der Waals surface area contributed by atoms with Crippen molar-refractivity contribution in [3.05, 3.63) is 0 Å². The summed E-state index contributed by atoms with van der Waals surface area (Å²) in [6, 6.07) is -0.0562. The molecular weight excluding hydrogens is 188 g/mol. The van der Waals surface area contributed by atoms with Crippen LogP contribution in [0.4, 0.5) is 0 Å². The van der Waals surface area contributed by atoms with Gasteiger partial charge in [-0.2, -0.15) is 0 Å². The number of carbonyl (C=O) groups is 1. The van der Waals surface area contributed by atoms with Gasteiger partial charge in [-0.05, 0) is 25.2 Å². The predicted molar refractivity (Wildman–Crippen MR) is 60.8 cm³/mol. The van der Waals surface area contributed by atoms with E-state index in [0.29, 0.717) is 5.92 Å². The molecule has 0 bridgehead atoms. The first-order valence-electron chi connectivity index (χ1n) is 6.19. The number of carbonyl (C=O) groups excluding carboxylic acids is 1. The van der Waals surface area contributed by atoms with Crippen LogP contribution in [0.25, 0.3) is 0 Å². The summed E-state index contributed by atoms with van der Waals surface area (Å²) in [5.74, 6) is 1.59. The molecule has 1 atom stereocenters. The van der Waals surface area contributed by atoms with Gasteiger partial charge >= 0.3 is 0 Å². The number of amides is 1. The highest BCUT2D eigenvalue weighted by molar-refractivity contribution is 6.05. The lowest BCUT2D eigenvalue weighted by Gasteiger charge is -2.11. The van der Waals surface area contributed by atoms with Crippen LogP contribution in [0.15, 0.2) is 4.99 Å². The number of aliphatic imine (C=N–C) groups is 1. The number of nitrogens with zero attached hydrogens (tertiary/aromatic N) is 1. The van der Waals surface area contributed by atoms with Gasteiger partial charge < -0.3 is 5.32 Å². The molecular formula is C12H20N2O. The Morgan fingerprint density at radius 3 is 2.80 bits per heavy atom. The van der Waals surface area contributed by atoms with E-state index in [1.54, 1.807) is 0 Å². The number of amidine groups is 1. The third kappa shape index (κ3) is 2.39. The zero-order chi connectivity index (χ0) is 10.7. The molecule has 0 saturated heterocycles. The van der Waals surface area contributed by atoms with Crippen molar-refractivity contribution in [3.8, 4) is 0 Å². The zero-order valence-corrected chi connectivity index (χ0v) is 9.46. The molecule has 1 N–H and O–H groups in total. The third-order valence-electron chi connectivity index (χ3n) is 3.44. The summed E-state index contributed by atoms with van der Waals surface area (Å²) in [6.07, 6.45) is 8.12. The quantitative estimate of drug-likeness (QED) is 0.756. The molecule has 84 valence electrons. The Kier molecular flexibility index (Phi) is 3.39. The molecule has 1 aliphatic heterocycles. The van der Waals surface area contributed by atoms with E-state index in [1.165, 1.54) is 25.7 Å². The highest BCUT2D eigenvalue weighted by Crippen LogP contribution is 2.30. The van der Waals surface area contributed by atoms with Crippen molar-refractivity contribution in [2.24, 2.45) is 10.9 Å². The van der Waals surface area contributed by atoms with Crippen molar-refractivity contribution in [2.45, 2.75) is 57.9 Å². The minimum Gasteiger partial charge on any atom is -0.313 e. The Balaban J connectivity index is 1.93. The van der Waals surface area contributed by atoms with Crippen molar-refractivity contribution in [3.63, 3.8) is 0 Å². The topological polar surface area (TPSA) is 41.5 Å². The van der Waals surface area contributed by atoms with E-state index in [9.17, 15) is 4.79 Å². The number of hydrogen-bond acceptors (Lipinski definition) is 2. The highest BCUT2D eigenvalue weighted by atomic mass is 16.2. The van der Waals surface area contributed by atoms with Crippen LogP contribution in [0.3, 0.4) is 0 Å². The van der Waals surface area contributed by atoms with Gasteiger partial charge in [-0.15, -0.1) is 0 Å². The fraction of sp³-hybridized carbons (Fsp3) is 0.833. The molecule has 1 amide bonds. The lowest BCUT2D eigenvalue weighted by Crippen LogP contribution is -2.32. The van der Waals surface area contributed by atoms with Gasteiger partial charge in [0.05, 0.1) is 0 Å². The fourth-order valence-electron chi connectivity index (χ4n) is 2.54. The molecule has 0 radical (unpaired) electrons. The molecule has 3 nitrogen and oxygen atoms in total. The maximum Gasteiger partial charge on any atom is 0.250 e. The molecule has 2 rings (SSSR count). The average Bonchev–Trinajstić information content (AvgIpc) is 2.83. The van der Waals surface area contributed by atoms with E-state index in [4.69, 9.17) is 0 Å². The smallest absolute Gasteiger partial charge is 0.250 e. The predicted octanol–water partition coefficient (Wildman–Crippen LogP) is 2.26. The number of hydrogen-bond donors (Lipinski definition) is 1. The summed E-state index contributed by atoms with van der Waals surface area (Å²) in [5.41, 5.74) is 0. The Labute approximate surface area is 91.3 Å². The second-order valence-electron chi connectivity index (χ2n) is 4.66. The van der Waals surface area contributed by atoms with Crippen molar-refractivity contribution >= 4 is 11.7 Å². The molecule has 1 aliphatic carbocycles. The Hall–Kier alpha value is -0.860. The summed E-state index contributed by atoms with van der Waals surface area (Å²) in [7, 11) is 0.